The fraction of sp³-hybridized carbons (Fsp3) is 0.462. The molecular formula is C13H19BrN2O2. The van der Waals surface area contributed by atoms with Crippen molar-refractivity contribution in [1.29, 1.82) is 0 Å². The first-order valence-corrected chi connectivity index (χ1v) is 6.64. The molecule has 0 aromatic heterocycles. The number of hydrogen-bond donors (Lipinski definition) is 3. The van der Waals surface area contributed by atoms with Crippen LogP contribution in [0.15, 0.2) is 28.7 Å². The van der Waals surface area contributed by atoms with Gasteiger partial charge in [0.15, 0.2) is 0 Å². The van der Waals surface area contributed by atoms with Gasteiger partial charge in [-0.2, -0.15) is 0 Å². The molecule has 0 saturated carbocycles. The van der Waals surface area contributed by atoms with Crippen molar-refractivity contribution in [1.82, 2.24) is 5.32 Å². The smallest absolute Gasteiger partial charge is 0.238 e. The average Bonchev–Trinajstić information content (AvgIpc) is 2.30. The quantitative estimate of drug-likeness (QED) is 0.754. The summed E-state index contributed by atoms with van der Waals surface area (Å²) in [5.41, 5.74) is 0.504. The third-order valence-electron chi connectivity index (χ3n) is 2.61. The molecule has 0 aliphatic rings. The summed E-state index contributed by atoms with van der Waals surface area (Å²) < 4.78 is 0.855. The lowest BCUT2D eigenvalue weighted by Gasteiger charge is -2.25. The summed E-state index contributed by atoms with van der Waals surface area (Å²) in [4.78, 5) is 11.8. The number of amides is 1. The molecule has 0 aliphatic heterocycles. The Balaban J connectivity index is 2.46. The van der Waals surface area contributed by atoms with Gasteiger partial charge in [0.05, 0.1) is 12.2 Å². The van der Waals surface area contributed by atoms with Crippen LogP contribution in [-0.4, -0.2) is 29.7 Å². The van der Waals surface area contributed by atoms with Crippen LogP contribution in [-0.2, 0) is 4.79 Å². The minimum absolute atomic E-state index is 0.103. The molecule has 5 heteroatoms. The maximum absolute atomic E-state index is 11.8. The Bertz CT molecular complexity index is 408. The fourth-order valence-electron chi connectivity index (χ4n) is 1.44. The van der Waals surface area contributed by atoms with Gasteiger partial charge in [-0.1, -0.05) is 12.1 Å². The Morgan fingerprint density at radius 2 is 2.06 bits per heavy atom. The van der Waals surface area contributed by atoms with Crippen LogP contribution in [0, 0.1) is 0 Å². The van der Waals surface area contributed by atoms with Gasteiger partial charge < -0.3 is 15.7 Å². The summed E-state index contributed by atoms with van der Waals surface area (Å²) in [6.45, 7) is 4.23. The number of halogens is 1. The molecule has 4 nitrogen and oxygen atoms in total. The van der Waals surface area contributed by atoms with Crippen molar-refractivity contribution in [2.45, 2.75) is 25.8 Å². The third-order valence-corrected chi connectivity index (χ3v) is 3.30. The van der Waals surface area contributed by atoms with Gasteiger partial charge in [-0.05, 0) is 48.3 Å². The lowest BCUT2D eigenvalue weighted by molar-refractivity contribution is -0.115. The lowest BCUT2D eigenvalue weighted by Crippen LogP contribution is -2.44. The Morgan fingerprint density at radius 1 is 1.39 bits per heavy atom. The van der Waals surface area contributed by atoms with Crippen molar-refractivity contribution in [3.05, 3.63) is 28.7 Å². The van der Waals surface area contributed by atoms with Crippen LogP contribution in [0.4, 0.5) is 5.69 Å². The van der Waals surface area contributed by atoms with E-state index in [-0.39, 0.29) is 24.6 Å². The molecule has 0 radical (unpaired) electrons. The number of rotatable bonds is 6. The zero-order chi connectivity index (χ0) is 13.6. The molecule has 0 fully saturated rings. The maximum Gasteiger partial charge on any atom is 0.238 e. The van der Waals surface area contributed by atoms with E-state index in [1.807, 2.05) is 38.1 Å². The highest BCUT2D eigenvalue weighted by atomic mass is 79.9. The molecule has 1 aromatic carbocycles. The number of aliphatic hydroxyl groups is 1. The van der Waals surface area contributed by atoms with Gasteiger partial charge in [0.2, 0.25) is 5.91 Å². The molecule has 0 unspecified atom stereocenters. The predicted octanol–water partition coefficient (Wildman–Crippen LogP) is 2.14. The molecule has 0 aliphatic carbocycles. The van der Waals surface area contributed by atoms with E-state index in [1.165, 1.54) is 0 Å². The Hall–Kier alpha value is -0.910. The van der Waals surface area contributed by atoms with Gasteiger partial charge in [0, 0.05) is 16.6 Å². The zero-order valence-electron chi connectivity index (χ0n) is 10.7. The molecule has 0 bridgehead atoms. The summed E-state index contributed by atoms with van der Waals surface area (Å²) in [5, 5.41) is 14.8. The molecular weight excluding hydrogens is 296 g/mol. The molecule has 18 heavy (non-hydrogen) atoms. The molecule has 1 aromatic rings. The number of carbonyl (C=O) groups is 1. The first-order valence-electron chi connectivity index (χ1n) is 5.85. The SMILES string of the molecule is CC(C)(CCO)NCC(=O)Nc1ccccc1Br. The summed E-state index contributed by atoms with van der Waals surface area (Å²) in [7, 11) is 0. The number of hydrogen-bond acceptors (Lipinski definition) is 3. The van der Waals surface area contributed by atoms with Crippen molar-refractivity contribution in [3.63, 3.8) is 0 Å². The number of anilines is 1. The summed E-state index contributed by atoms with van der Waals surface area (Å²) in [6.07, 6.45) is 0.606. The van der Waals surface area contributed by atoms with Crippen LogP contribution in [0.3, 0.4) is 0 Å². The molecule has 100 valence electrons. The number of nitrogens with one attached hydrogen (secondary N) is 2. The van der Waals surface area contributed by atoms with E-state index < -0.39 is 0 Å². The van der Waals surface area contributed by atoms with E-state index in [9.17, 15) is 4.79 Å². The minimum atomic E-state index is -0.250. The highest BCUT2D eigenvalue weighted by Gasteiger charge is 2.17. The van der Waals surface area contributed by atoms with Crippen molar-refractivity contribution < 1.29 is 9.90 Å². The molecule has 3 N–H and O–H groups in total. The largest absolute Gasteiger partial charge is 0.396 e. The predicted molar refractivity (Wildman–Crippen MR) is 76.6 cm³/mol. The highest BCUT2D eigenvalue weighted by Crippen LogP contribution is 2.20. The number of aliphatic hydroxyl groups excluding tert-OH is 1. The van der Waals surface area contributed by atoms with E-state index in [4.69, 9.17) is 5.11 Å². The molecule has 0 atom stereocenters. The van der Waals surface area contributed by atoms with E-state index >= 15 is 0 Å². The van der Waals surface area contributed by atoms with Gasteiger partial charge in [-0.25, -0.2) is 0 Å². The number of para-hydroxylation sites is 1. The topological polar surface area (TPSA) is 61.4 Å². The van der Waals surface area contributed by atoms with Crippen LogP contribution in [0.5, 0.6) is 0 Å². The normalized spacial score (nSPS) is 11.3. The van der Waals surface area contributed by atoms with Crippen LogP contribution < -0.4 is 10.6 Å². The second kappa shape index (κ2) is 6.87. The third kappa shape index (κ3) is 5.16. The Labute approximate surface area is 116 Å². The molecule has 0 heterocycles. The first kappa shape index (κ1) is 15.1. The maximum atomic E-state index is 11.8. The highest BCUT2D eigenvalue weighted by molar-refractivity contribution is 9.10. The van der Waals surface area contributed by atoms with Gasteiger partial charge >= 0.3 is 0 Å². The summed E-state index contributed by atoms with van der Waals surface area (Å²) in [5.74, 6) is -0.104. The summed E-state index contributed by atoms with van der Waals surface area (Å²) in [6, 6.07) is 7.46. The second-order valence-corrected chi connectivity index (χ2v) is 5.59. The van der Waals surface area contributed by atoms with Crippen LogP contribution in [0.2, 0.25) is 0 Å². The van der Waals surface area contributed by atoms with E-state index in [0.29, 0.717) is 6.42 Å². The van der Waals surface area contributed by atoms with Gasteiger partial charge in [0.1, 0.15) is 0 Å². The van der Waals surface area contributed by atoms with Crippen molar-refractivity contribution >= 4 is 27.5 Å². The second-order valence-electron chi connectivity index (χ2n) is 4.74. The van der Waals surface area contributed by atoms with Gasteiger partial charge in [-0.3, -0.25) is 4.79 Å². The molecule has 0 saturated heterocycles. The van der Waals surface area contributed by atoms with E-state index in [2.05, 4.69) is 26.6 Å². The molecule has 1 rings (SSSR count). The molecule has 0 spiro atoms. The monoisotopic (exact) mass is 314 g/mol. The van der Waals surface area contributed by atoms with Crippen LogP contribution >= 0.6 is 15.9 Å². The van der Waals surface area contributed by atoms with Crippen LogP contribution in [0.1, 0.15) is 20.3 Å². The van der Waals surface area contributed by atoms with Crippen molar-refractivity contribution in [2.75, 3.05) is 18.5 Å². The average molecular weight is 315 g/mol. The number of carbonyl (C=O) groups excluding carboxylic acids is 1. The Morgan fingerprint density at radius 3 is 2.67 bits per heavy atom. The van der Waals surface area contributed by atoms with Crippen molar-refractivity contribution in [3.8, 4) is 0 Å². The number of benzene rings is 1. The van der Waals surface area contributed by atoms with E-state index in [0.717, 1.165) is 10.2 Å². The van der Waals surface area contributed by atoms with Crippen LogP contribution in [0.25, 0.3) is 0 Å². The van der Waals surface area contributed by atoms with Gasteiger partial charge in [-0.15, -0.1) is 0 Å². The Kier molecular flexibility index (Phi) is 5.78. The lowest BCUT2D eigenvalue weighted by atomic mass is 10.0. The van der Waals surface area contributed by atoms with E-state index in [1.54, 1.807) is 0 Å². The molecule has 1 amide bonds. The first-order chi connectivity index (χ1) is 8.44. The standard InChI is InChI=1S/C13H19BrN2O2/c1-13(2,7-8-17)15-9-12(18)16-11-6-4-3-5-10(11)14/h3-6,15,17H,7-9H2,1-2H3,(H,16,18). The summed E-state index contributed by atoms with van der Waals surface area (Å²) >= 11 is 3.37. The minimum Gasteiger partial charge on any atom is -0.396 e. The zero-order valence-corrected chi connectivity index (χ0v) is 12.3. The fourth-order valence-corrected chi connectivity index (χ4v) is 1.83. The van der Waals surface area contributed by atoms with Gasteiger partial charge in [0.25, 0.3) is 0 Å². The van der Waals surface area contributed by atoms with Crippen molar-refractivity contribution in [2.24, 2.45) is 0 Å².